The largest absolute Gasteiger partial charge is 0.507 e. The zero-order valence-corrected chi connectivity index (χ0v) is 18.7. The molecule has 0 bridgehead atoms. The minimum Gasteiger partial charge on any atom is -0.507 e. The van der Waals surface area contributed by atoms with Crippen LogP contribution in [-0.4, -0.2) is 54.7 Å². The number of phenolic OH excluding ortho intramolecular Hbond substituents is 1. The third-order valence-electron chi connectivity index (χ3n) is 5.93. The van der Waals surface area contributed by atoms with E-state index in [1.54, 1.807) is 13.2 Å². The van der Waals surface area contributed by atoms with Crippen LogP contribution >= 0.6 is 0 Å². The van der Waals surface area contributed by atoms with Crippen molar-refractivity contribution in [3.8, 4) is 11.5 Å². The summed E-state index contributed by atoms with van der Waals surface area (Å²) in [6.45, 7) is 13.1. The van der Waals surface area contributed by atoms with E-state index < -0.39 is 6.17 Å². The number of hydrogen-bond acceptors (Lipinski definition) is 6. The van der Waals surface area contributed by atoms with E-state index in [1.165, 1.54) is 5.56 Å². The number of nitrogens with two attached hydrogens (primary N) is 1. The molecule has 2 aromatic carbocycles. The highest BCUT2D eigenvalue weighted by Crippen LogP contribution is 2.35. The van der Waals surface area contributed by atoms with Gasteiger partial charge in [0.25, 0.3) is 0 Å². The summed E-state index contributed by atoms with van der Waals surface area (Å²) in [5, 5.41) is 13.7. The summed E-state index contributed by atoms with van der Waals surface area (Å²) >= 11 is 0. The van der Waals surface area contributed by atoms with Gasteiger partial charge in [0.2, 0.25) is 0 Å². The molecule has 1 aliphatic heterocycles. The lowest BCUT2D eigenvalue weighted by Crippen LogP contribution is -2.45. The average Bonchev–Trinajstić information content (AvgIpc) is 2.75. The molecule has 1 fully saturated rings. The summed E-state index contributed by atoms with van der Waals surface area (Å²) in [6.07, 6.45) is -0.513. The van der Waals surface area contributed by atoms with Gasteiger partial charge in [-0.1, -0.05) is 32.9 Å². The van der Waals surface area contributed by atoms with Crippen LogP contribution in [0.4, 0.5) is 5.69 Å². The summed E-state index contributed by atoms with van der Waals surface area (Å²) < 4.78 is 5.40. The number of likely N-dealkylation sites (N-methyl/N-ethyl adjacent to an activating group) is 1. The minimum atomic E-state index is -0.513. The topological polar surface area (TPSA) is 74.0 Å². The van der Waals surface area contributed by atoms with Crippen molar-refractivity contribution in [2.45, 2.75) is 39.4 Å². The molecule has 0 spiro atoms. The number of aromatic hydroxyl groups is 1. The van der Waals surface area contributed by atoms with Gasteiger partial charge in [-0.25, -0.2) is 0 Å². The van der Waals surface area contributed by atoms with E-state index in [0.717, 1.165) is 50.5 Å². The zero-order chi connectivity index (χ0) is 21.7. The van der Waals surface area contributed by atoms with Crippen molar-refractivity contribution < 1.29 is 9.84 Å². The lowest BCUT2D eigenvalue weighted by Gasteiger charge is -2.34. The molecule has 0 saturated carbocycles. The van der Waals surface area contributed by atoms with Gasteiger partial charge in [-0.15, -0.1) is 0 Å². The van der Waals surface area contributed by atoms with Crippen LogP contribution in [-0.2, 0) is 6.54 Å². The number of benzene rings is 2. The first-order chi connectivity index (χ1) is 14.4. The lowest BCUT2D eigenvalue weighted by atomic mass is 9.97. The molecule has 6 heteroatoms. The maximum atomic E-state index is 10.4. The molecule has 1 heterocycles. The van der Waals surface area contributed by atoms with E-state index >= 15 is 0 Å². The normalized spacial score (nSPS) is 16.6. The molecule has 1 atom stereocenters. The van der Waals surface area contributed by atoms with Crippen molar-refractivity contribution in [2.24, 2.45) is 5.73 Å². The number of nitrogens with zero attached hydrogens (tertiary/aromatic N) is 2. The van der Waals surface area contributed by atoms with Crippen LogP contribution in [0.1, 0.15) is 49.5 Å². The molecule has 1 saturated heterocycles. The van der Waals surface area contributed by atoms with Crippen LogP contribution < -0.4 is 15.8 Å². The number of hydrogen-bond donors (Lipinski definition) is 3. The third-order valence-corrected chi connectivity index (χ3v) is 5.93. The first kappa shape index (κ1) is 22.4. The molecule has 30 heavy (non-hydrogen) atoms. The molecule has 3 rings (SSSR count). The summed E-state index contributed by atoms with van der Waals surface area (Å²) in [5.74, 6) is 1.09. The number of methoxy groups -OCH3 is 1. The molecule has 2 aromatic rings. The molecule has 1 unspecified atom stereocenters. The highest BCUT2D eigenvalue weighted by Gasteiger charge is 2.18. The number of piperazine rings is 1. The van der Waals surface area contributed by atoms with E-state index in [9.17, 15) is 5.11 Å². The van der Waals surface area contributed by atoms with Gasteiger partial charge in [0.05, 0.1) is 7.11 Å². The van der Waals surface area contributed by atoms with Gasteiger partial charge in [0.15, 0.2) is 0 Å². The second kappa shape index (κ2) is 10.2. The highest BCUT2D eigenvalue weighted by atomic mass is 16.5. The molecular formula is C24H36N4O2. The molecular weight excluding hydrogens is 376 g/mol. The van der Waals surface area contributed by atoms with Crippen LogP contribution in [0.5, 0.6) is 11.5 Å². The van der Waals surface area contributed by atoms with Gasteiger partial charge in [-0.3, -0.25) is 4.90 Å². The molecule has 0 aliphatic carbocycles. The molecule has 0 aromatic heterocycles. The molecule has 164 valence electrons. The first-order valence-corrected chi connectivity index (χ1v) is 10.9. The monoisotopic (exact) mass is 412 g/mol. The Hall–Kier alpha value is -2.28. The third kappa shape index (κ3) is 5.45. The number of anilines is 1. The van der Waals surface area contributed by atoms with E-state index in [1.807, 2.05) is 6.07 Å². The lowest BCUT2D eigenvalue weighted by molar-refractivity contribution is 0.132. The van der Waals surface area contributed by atoms with Crippen molar-refractivity contribution in [1.82, 2.24) is 9.80 Å². The summed E-state index contributed by atoms with van der Waals surface area (Å²) in [4.78, 5) is 4.99. The fourth-order valence-electron chi connectivity index (χ4n) is 3.97. The summed E-state index contributed by atoms with van der Waals surface area (Å²) in [7, 11) is 1.61. The zero-order valence-electron chi connectivity index (χ0n) is 18.7. The molecule has 1 aliphatic rings. The predicted molar refractivity (Wildman–Crippen MR) is 123 cm³/mol. The smallest absolute Gasteiger partial charge is 0.126 e. The fraction of sp³-hybridized carbons (Fsp3) is 0.500. The maximum Gasteiger partial charge on any atom is 0.126 e. The molecule has 6 nitrogen and oxygen atoms in total. The van der Waals surface area contributed by atoms with Crippen molar-refractivity contribution in [1.29, 1.82) is 0 Å². The van der Waals surface area contributed by atoms with Gasteiger partial charge in [0, 0.05) is 50.0 Å². The van der Waals surface area contributed by atoms with E-state index in [0.29, 0.717) is 11.3 Å². The highest BCUT2D eigenvalue weighted by molar-refractivity contribution is 5.52. The second-order valence-electron chi connectivity index (χ2n) is 8.34. The first-order valence-electron chi connectivity index (χ1n) is 10.9. The van der Waals surface area contributed by atoms with Crippen LogP contribution in [0.2, 0.25) is 0 Å². The van der Waals surface area contributed by atoms with Crippen molar-refractivity contribution in [3.63, 3.8) is 0 Å². The van der Waals surface area contributed by atoms with Gasteiger partial charge in [0.1, 0.15) is 17.7 Å². The standard InChI is InChI=1S/C24H36N4O2/c1-5-27-10-12-28(13-11-27)16-18-6-8-19(9-7-18)26-24(25)21-14-20(17(2)3)23(30-4)15-22(21)29/h6-9,14-15,17,24,26,29H,5,10-13,16,25H2,1-4H3. The Morgan fingerprint density at radius 1 is 1.03 bits per heavy atom. The Bertz CT molecular complexity index is 815. The Balaban J connectivity index is 1.63. The molecule has 0 radical (unpaired) electrons. The quantitative estimate of drug-likeness (QED) is 0.574. The van der Waals surface area contributed by atoms with Crippen molar-refractivity contribution >= 4 is 5.69 Å². The molecule has 4 N–H and O–H groups in total. The summed E-state index contributed by atoms with van der Waals surface area (Å²) in [5.41, 5.74) is 10.3. The van der Waals surface area contributed by atoms with Crippen LogP contribution in [0.3, 0.4) is 0 Å². The van der Waals surface area contributed by atoms with Gasteiger partial charge in [-0.05, 0) is 41.8 Å². The number of ether oxygens (including phenoxy) is 1. The Morgan fingerprint density at radius 2 is 1.67 bits per heavy atom. The SMILES string of the molecule is CCN1CCN(Cc2ccc(NC(N)c3cc(C(C)C)c(OC)cc3O)cc2)CC1. The van der Waals surface area contributed by atoms with Gasteiger partial charge >= 0.3 is 0 Å². The fourth-order valence-corrected chi connectivity index (χ4v) is 3.97. The van der Waals surface area contributed by atoms with E-state index in [-0.39, 0.29) is 11.7 Å². The van der Waals surface area contributed by atoms with E-state index in [2.05, 4.69) is 60.2 Å². The molecule has 0 amide bonds. The summed E-state index contributed by atoms with van der Waals surface area (Å²) in [6, 6.07) is 12.0. The minimum absolute atomic E-state index is 0.138. The van der Waals surface area contributed by atoms with Crippen molar-refractivity contribution in [3.05, 3.63) is 53.1 Å². The predicted octanol–water partition coefficient (Wildman–Crippen LogP) is 3.73. The van der Waals surface area contributed by atoms with Crippen LogP contribution in [0.15, 0.2) is 36.4 Å². The number of phenols is 1. The Labute approximate surface area is 180 Å². The number of rotatable bonds is 8. The average molecular weight is 413 g/mol. The van der Waals surface area contributed by atoms with Gasteiger partial charge < -0.3 is 25.8 Å². The number of nitrogens with one attached hydrogen (secondary N) is 1. The second-order valence-corrected chi connectivity index (χ2v) is 8.34. The maximum absolute atomic E-state index is 10.4. The van der Waals surface area contributed by atoms with Crippen molar-refractivity contribution in [2.75, 3.05) is 45.2 Å². The van der Waals surface area contributed by atoms with E-state index in [4.69, 9.17) is 10.5 Å². The van der Waals surface area contributed by atoms with Crippen LogP contribution in [0.25, 0.3) is 0 Å². The Morgan fingerprint density at radius 3 is 2.23 bits per heavy atom. The Kier molecular flexibility index (Phi) is 7.58. The van der Waals surface area contributed by atoms with Crippen LogP contribution in [0, 0.1) is 0 Å². The van der Waals surface area contributed by atoms with Gasteiger partial charge in [-0.2, -0.15) is 0 Å².